The van der Waals surface area contributed by atoms with Crippen molar-refractivity contribution in [3.05, 3.63) is 35.4 Å². The van der Waals surface area contributed by atoms with E-state index in [2.05, 4.69) is 48.4 Å². The van der Waals surface area contributed by atoms with Crippen LogP contribution in [-0.2, 0) is 6.42 Å². The predicted molar refractivity (Wildman–Crippen MR) is 76.8 cm³/mol. The highest BCUT2D eigenvalue weighted by atomic mass is 32.2. The van der Waals surface area contributed by atoms with Crippen molar-refractivity contribution < 1.29 is 0 Å². The van der Waals surface area contributed by atoms with Crippen molar-refractivity contribution in [2.45, 2.75) is 20.3 Å². The molecule has 1 aromatic rings. The second kappa shape index (κ2) is 6.10. The average Bonchev–Trinajstić information content (AvgIpc) is 2.34. The fraction of sp³-hybridized carbons (Fsp3) is 0.500. The molecule has 0 saturated heterocycles. The molecule has 0 spiro atoms. The number of aliphatic imine (C=N–C) groups is 1. The first-order chi connectivity index (χ1) is 8.25. The number of hydrogen-bond donors (Lipinski definition) is 1. The fourth-order valence-corrected chi connectivity index (χ4v) is 2.78. The van der Waals surface area contributed by atoms with Gasteiger partial charge >= 0.3 is 0 Å². The Morgan fingerprint density at radius 1 is 1.41 bits per heavy atom. The first-order valence-corrected chi connectivity index (χ1v) is 7.20. The molecule has 1 heterocycles. The number of benzene rings is 1. The van der Waals surface area contributed by atoms with Crippen LogP contribution in [0.25, 0.3) is 0 Å². The summed E-state index contributed by atoms with van der Waals surface area (Å²) < 4.78 is 0. The summed E-state index contributed by atoms with van der Waals surface area (Å²) in [4.78, 5) is 4.53. The summed E-state index contributed by atoms with van der Waals surface area (Å²) in [6.45, 7) is 6.37. The molecule has 2 rings (SSSR count). The van der Waals surface area contributed by atoms with Crippen LogP contribution >= 0.6 is 11.8 Å². The maximum absolute atomic E-state index is 4.53. The van der Waals surface area contributed by atoms with Gasteiger partial charge in [0.15, 0.2) is 5.17 Å². The summed E-state index contributed by atoms with van der Waals surface area (Å²) in [5.74, 6) is 1.91. The molecule has 1 aliphatic rings. The van der Waals surface area contributed by atoms with Crippen LogP contribution in [0, 0.1) is 12.8 Å². The number of nitrogens with one attached hydrogen (secondary N) is 1. The monoisotopic (exact) mass is 248 g/mol. The summed E-state index contributed by atoms with van der Waals surface area (Å²) in [6, 6.07) is 8.57. The van der Waals surface area contributed by atoms with Crippen LogP contribution < -0.4 is 5.32 Å². The Labute approximate surface area is 108 Å². The van der Waals surface area contributed by atoms with E-state index in [-0.39, 0.29) is 0 Å². The number of amidine groups is 1. The molecule has 17 heavy (non-hydrogen) atoms. The predicted octanol–water partition coefficient (Wildman–Crippen LogP) is 2.87. The maximum Gasteiger partial charge on any atom is 0.156 e. The van der Waals surface area contributed by atoms with E-state index >= 15 is 0 Å². The van der Waals surface area contributed by atoms with E-state index in [9.17, 15) is 0 Å². The van der Waals surface area contributed by atoms with Gasteiger partial charge in [-0.1, -0.05) is 43.0 Å². The van der Waals surface area contributed by atoms with Gasteiger partial charge in [-0.2, -0.15) is 0 Å². The molecule has 0 saturated carbocycles. The molecule has 0 bridgehead atoms. The Bertz CT molecular complexity index is 401. The molecule has 0 aliphatic carbocycles. The normalized spacial score (nSPS) is 19.9. The molecule has 3 heteroatoms. The highest BCUT2D eigenvalue weighted by Crippen LogP contribution is 2.15. The van der Waals surface area contributed by atoms with Gasteiger partial charge in [-0.05, 0) is 30.4 Å². The van der Waals surface area contributed by atoms with Crippen LogP contribution in [0.4, 0.5) is 0 Å². The van der Waals surface area contributed by atoms with Gasteiger partial charge < -0.3 is 5.32 Å². The molecular formula is C14H20N2S. The summed E-state index contributed by atoms with van der Waals surface area (Å²) in [6.07, 6.45) is 1.07. The van der Waals surface area contributed by atoms with Gasteiger partial charge in [0.2, 0.25) is 0 Å². The van der Waals surface area contributed by atoms with E-state index in [0.29, 0.717) is 0 Å². The van der Waals surface area contributed by atoms with Gasteiger partial charge in [0, 0.05) is 18.8 Å². The SMILES string of the molecule is Cc1ccccc1CCNC1=NCC(C)CS1. The molecule has 1 atom stereocenters. The summed E-state index contributed by atoms with van der Waals surface area (Å²) >= 11 is 1.85. The third kappa shape index (κ3) is 3.77. The van der Waals surface area contributed by atoms with E-state index in [4.69, 9.17) is 0 Å². The molecule has 0 fully saturated rings. The van der Waals surface area contributed by atoms with E-state index in [0.717, 1.165) is 30.6 Å². The average molecular weight is 248 g/mol. The Balaban J connectivity index is 1.78. The van der Waals surface area contributed by atoms with Crippen molar-refractivity contribution in [3.63, 3.8) is 0 Å². The minimum Gasteiger partial charge on any atom is -0.365 e. The van der Waals surface area contributed by atoms with Crippen LogP contribution in [0.5, 0.6) is 0 Å². The van der Waals surface area contributed by atoms with Crippen molar-refractivity contribution in [1.29, 1.82) is 0 Å². The van der Waals surface area contributed by atoms with Crippen molar-refractivity contribution in [2.24, 2.45) is 10.9 Å². The summed E-state index contributed by atoms with van der Waals surface area (Å²) in [5.41, 5.74) is 2.80. The van der Waals surface area contributed by atoms with E-state index < -0.39 is 0 Å². The van der Waals surface area contributed by atoms with E-state index in [1.165, 1.54) is 16.9 Å². The number of thioether (sulfide) groups is 1. The smallest absolute Gasteiger partial charge is 0.156 e. The van der Waals surface area contributed by atoms with Gasteiger partial charge in [0.05, 0.1) is 0 Å². The zero-order valence-corrected chi connectivity index (χ0v) is 11.4. The number of rotatable bonds is 3. The molecule has 0 radical (unpaired) electrons. The topological polar surface area (TPSA) is 24.4 Å². The minimum atomic E-state index is 0.724. The van der Waals surface area contributed by atoms with E-state index in [1.807, 2.05) is 11.8 Å². The highest BCUT2D eigenvalue weighted by Gasteiger charge is 2.11. The van der Waals surface area contributed by atoms with Crippen molar-refractivity contribution in [1.82, 2.24) is 5.32 Å². The maximum atomic E-state index is 4.53. The molecule has 2 nitrogen and oxygen atoms in total. The van der Waals surface area contributed by atoms with Gasteiger partial charge in [-0.3, -0.25) is 4.99 Å². The molecule has 1 aliphatic heterocycles. The van der Waals surface area contributed by atoms with Crippen molar-refractivity contribution >= 4 is 16.9 Å². The van der Waals surface area contributed by atoms with Crippen molar-refractivity contribution in [2.75, 3.05) is 18.8 Å². The Kier molecular flexibility index (Phi) is 4.49. The molecule has 1 N–H and O–H groups in total. The number of hydrogen-bond acceptors (Lipinski definition) is 3. The Morgan fingerprint density at radius 2 is 2.24 bits per heavy atom. The van der Waals surface area contributed by atoms with Gasteiger partial charge in [-0.25, -0.2) is 0 Å². The van der Waals surface area contributed by atoms with Crippen LogP contribution in [0.15, 0.2) is 29.3 Å². The second-order valence-electron chi connectivity index (χ2n) is 4.67. The fourth-order valence-electron chi connectivity index (χ4n) is 1.86. The zero-order valence-electron chi connectivity index (χ0n) is 10.6. The number of aryl methyl sites for hydroxylation is 1. The molecule has 92 valence electrons. The van der Waals surface area contributed by atoms with Crippen LogP contribution in [0.3, 0.4) is 0 Å². The van der Waals surface area contributed by atoms with Crippen molar-refractivity contribution in [3.8, 4) is 0 Å². The van der Waals surface area contributed by atoms with Crippen LogP contribution in [0.2, 0.25) is 0 Å². The highest BCUT2D eigenvalue weighted by molar-refractivity contribution is 8.13. The summed E-state index contributed by atoms with van der Waals surface area (Å²) in [5, 5.41) is 4.55. The van der Waals surface area contributed by atoms with Crippen LogP contribution in [-0.4, -0.2) is 24.0 Å². The third-order valence-electron chi connectivity index (χ3n) is 2.98. The van der Waals surface area contributed by atoms with Crippen LogP contribution in [0.1, 0.15) is 18.1 Å². The molecule has 0 amide bonds. The lowest BCUT2D eigenvalue weighted by molar-refractivity contribution is 0.669. The molecular weight excluding hydrogens is 228 g/mol. The summed E-state index contributed by atoms with van der Waals surface area (Å²) in [7, 11) is 0. The Morgan fingerprint density at radius 3 is 2.94 bits per heavy atom. The first kappa shape index (κ1) is 12.5. The minimum absolute atomic E-state index is 0.724. The Hall–Kier alpha value is -0.960. The lowest BCUT2D eigenvalue weighted by Gasteiger charge is -2.18. The van der Waals surface area contributed by atoms with Gasteiger partial charge in [0.25, 0.3) is 0 Å². The van der Waals surface area contributed by atoms with E-state index in [1.54, 1.807) is 0 Å². The third-order valence-corrected chi connectivity index (χ3v) is 4.27. The second-order valence-corrected chi connectivity index (χ2v) is 5.67. The number of nitrogens with zero attached hydrogens (tertiary/aromatic N) is 1. The first-order valence-electron chi connectivity index (χ1n) is 6.21. The quantitative estimate of drug-likeness (QED) is 0.889. The molecule has 1 aromatic carbocycles. The lowest BCUT2D eigenvalue weighted by atomic mass is 10.1. The molecule has 0 aromatic heterocycles. The largest absolute Gasteiger partial charge is 0.365 e. The lowest BCUT2D eigenvalue weighted by Crippen LogP contribution is -2.27. The standard InChI is InChI=1S/C14H20N2S/c1-11-9-16-14(17-10-11)15-8-7-13-6-4-3-5-12(13)2/h3-6,11H,7-10H2,1-2H3,(H,15,16). The zero-order chi connectivity index (χ0) is 12.1. The van der Waals surface area contributed by atoms with Gasteiger partial charge in [-0.15, -0.1) is 0 Å². The molecule has 1 unspecified atom stereocenters. The van der Waals surface area contributed by atoms with Gasteiger partial charge in [0.1, 0.15) is 0 Å².